The molecule has 0 saturated carbocycles. The van der Waals surface area contributed by atoms with Gasteiger partial charge in [-0.25, -0.2) is 4.98 Å². The molecule has 0 aliphatic carbocycles. The zero-order valence-corrected chi connectivity index (χ0v) is 10.6. The Labute approximate surface area is 108 Å². The fraction of sp³-hybridized carbons (Fsp3) is 0.0714. The van der Waals surface area contributed by atoms with Gasteiger partial charge in [-0.15, -0.1) is 11.3 Å². The number of benzene rings is 1. The van der Waals surface area contributed by atoms with Gasteiger partial charge in [-0.2, -0.15) is 0 Å². The standard InChI is InChI=1S/C14H10N2OS/c1-9-6-7-13(18-9)14(17)12-8-15-10-4-2-3-5-11(10)16-12/h2-8H,1H3. The second kappa shape index (κ2) is 4.31. The van der Waals surface area contributed by atoms with Crippen molar-refractivity contribution in [2.24, 2.45) is 0 Å². The molecule has 18 heavy (non-hydrogen) atoms. The molecule has 4 heteroatoms. The van der Waals surface area contributed by atoms with E-state index < -0.39 is 0 Å². The van der Waals surface area contributed by atoms with Crippen LogP contribution in [0.3, 0.4) is 0 Å². The second-order valence-electron chi connectivity index (χ2n) is 3.98. The SMILES string of the molecule is Cc1ccc(C(=O)c2cnc3ccccc3n2)s1. The molecule has 2 aromatic heterocycles. The van der Waals surface area contributed by atoms with Crippen molar-refractivity contribution in [3.05, 3.63) is 58.0 Å². The van der Waals surface area contributed by atoms with Crippen molar-refractivity contribution in [2.75, 3.05) is 0 Å². The second-order valence-corrected chi connectivity index (χ2v) is 5.27. The number of para-hydroxylation sites is 2. The molecule has 0 N–H and O–H groups in total. The monoisotopic (exact) mass is 254 g/mol. The number of hydrogen-bond acceptors (Lipinski definition) is 4. The highest BCUT2D eigenvalue weighted by molar-refractivity contribution is 7.14. The van der Waals surface area contributed by atoms with Gasteiger partial charge < -0.3 is 0 Å². The van der Waals surface area contributed by atoms with Gasteiger partial charge in [-0.3, -0.25) is 9.78 Å². The maximum absolute atomic E-state index is 12.2. The van der Waals surface area contributed by atoms with Crippen LogP contribution in [0.4, 0.5) is 0 Å². The Kier molecular flexibility index (Phi) is 2.64. The van der Waals surface area contributed by atoms with Gasteiger partial charge in [0.25, 0.3) is 0 Å². The van der Waals surface area contributed by atoms with Crippen LogP contribution in [-0.4, -0.2) is 15.8 Å². The summed E-state index contributed by atoms with van der Waals surface area (Å²) in [4.78, 5) is 22.6. The predicted molar refractivity (Wildman–Crippen MR) is 72.0 cm³/mol. The molecule has 0 radical (unpaired) electrons. The first-order valence-corrected chi connectivity index (χ1v) is 6.38. The van der Waals surface area contributed by atoms with Crippen molar-refractivity contribution >= 4 is 28.2 Å². The Morgan fingerprint density at radius 1 is 1.11 bits per heavy atom. The highest BCUT2D eigenvalue weighted by atomic mass is 32.1. The number of carbonyl (C=O) groups excluding carboxylic acids is 1. The van der Waals surface area contributed by atoms with Crippen molar-refractivity contribution in [3.8, 4) is 0 Å². The van der Waals surface area contributed by atoms with Gasteiger partial charge >= 0.3 is 0 Å². The number of fused-ring (bicyclic) bond motifs is 1. The summed E-state index contributed by atoms with van der Waals surface area (Å²) in [6.07, 6.45) is 1.54. The fourth-order valence-electron chi connectivity index (χ4n) is 1.75. The molecule has 1 aromatic carbocycles. The van der Waals surface area contributed by atoms with Crippen LogP contribution in [0.25, 0.3) is 11.0 Å². The van der Waals surface area contributed by atoms with E-state index in [1.165, 1.54) is 11.3 Å². The smallest absolute Gasteiger partial charge is 0.222 e. The molecule has 0 spiro atoms. The van der Waals surface area contributed by atoms with Gasteiger partial charge in [-0.05, 0) is 31.2 Å². The van der Waals surface area contributed by atoms with Crippen LogP contribution in [-0.2, 0) is 0 Å². The first-order chi connectivity index (χ1) is 8.74. The average Bonchev–Trinajstić information content (AvgIpc) is 2.84. The first kappa shape index (κ1) is 11.0. The summed E-state index contributed by atoms with van der Waals surface area (Å²) in [5.74, 6) is -0.0636. The minimum absolute atomic E-state index is 0.0636. The third kappa shape index (κ3) is 1.91. The average molecular weight is 254 g/mol. The summed E-state index contributed by atoms with van der Waals surface area (Å²) in [5.41, 5.74) is 1.95. The van der Waals surface area contributed by atoms with Gasteiger partial charge in [0.05, 0.1) is 22.1 Å². The van der Waals surface area contributed by atoms with E-state index in [2.05, 4.69) is 9.97 Å². The van der Waals surface area contributed by atoms with Crippen LogP contribution in [0.5, 0.6) is 0 Å². The minimum atomic E-state index is -0.0636. The fourth-order valence-corrected chi connectivity index (χ4v) is 2.57. The van der Waals surface area contributed by atoms with Crippen LogP contribution in [0.2, 0.25) is 0 Å². The summed E-state index contributed by atoms with van der Waals surface area (Å²) in [5, 5.41) is 0. The van der Waals surface area contributed by atoms with Crippen molar-refractivity contribution in [1.29, 1.82) is 0 Å². The number of rotatable bonds is 2. The molecule has 2 heterocycles. The van der Waals surface area contributed by atoms with Crippen molar-refractivity contribution < 1.29 is 4.79 Å². The summed E-state index contributed by atoms with van der Waals surface area (Å²) in [7, 11) is 0. The van der Waals surface area contributed by atoms with E-state index in [0.29, 0.717) is 10.6 Å². The number of carbonyl (C=O) groups is 1. The van der Waals surface area contributed by atoms with Gasteiger partial charge in [0.2, 0.25) is 5.78 Å². The van der Waals surface area contributed by atoms with Crippen LogP contribution in [0, 0.1) is 6.92 Å². The number of nitrogens with zero attached hydrogens (tertiary/aromatic N) is 2. The number of hydrogen-bond donors (Lipinski definition) is 0. The normalized spacial score (nSPS) is 10.7. The maximum atomic E-state index is 12.2. The highest BCUT2D eigenvalue weighted by Crippen LogP contribution is 2.19. The van der Waals surface area contributed by atoms with Gasteiger partial charge in [0, 0.05) is 4.88 Å². The number of aryl methyl sites for hydroxylation is 1. The van der Waals surface area contributed by atoms with Gasteiger partial charge in [0.15, 0.2) is 0 Å². The lowest BCUT2D eigenvalue weighted by molar-refractivity contribution is 0.103. The summed E-state index contributed by atoms with van der Waals surface area (Å²) in [6, 6.07) is 11.3. The van der Waals surface area contributed by atoms with Crippen LogP contribution < -0.4 is 0 Å². The molecule has 0 unspecified atom stereocenters. The molecule has 88 valence electrons. The topological polar surface area (TPSA) is 42.9 Å². The van der Waals surface area contributed by atoms with E-state index in [0.717, 1.165) is 15.9 Å². The van der Waals surface area contributed by atoms with Crippen LogP contribution in [0.1, 0.15) is 20.2 Å². The molecule has 3 aromatic rings. The van der Waals surface area contributed by atoms with E-state index in [-0.39, 0.29) is 5.78 Å². The largest absolute Gasteiger partial charge is 0.286 e. The molecule has 0 fully saturated rings. The Morgan fingerprint density at radius 2 is 1.89 bits per heavy atom. The zero-order chi connectivity index (χ0) is 12.5. The lowest BCUT2D eigenvalue weighted by Gasteiger charge is -1.99. The van der Waals surface area contributed by atoms with E-state index >= 15 is 0 Å². The molecule has 0 atom stereocenters. The molecular weight excluding hydrogens is 244 g/mol. The molecular formula is C14H10N2OS. The quantitative estimate of drug-likeness (QED) is 0.659. The molecule has 0 saturated heterocycles. The number of aromatic nitrogens is 2. The third-order valence-corrected chi connectivity index (χ3v) is 3.64. The molecule has 3 nitrogen and oxygen atoms in total. The third-order valence-electron chi connectivity index (χ3n) is 2.65. The molecule has 0 bridgehead atoms. The number of thiophene rings is 1. The summed E-state index contributed by atoms with van der Waals surface area (Å²) < 4.78 is 0. The first-order valence-electron chi connectivity index (χ1n) is 5.57. The maximum Gasteiger partial charge on any atom is 0.222 e. The van der Waals surface area contributed by atoms with E-state index in [9.17, 15) is 4.79 Å². The molecule has 0 amide bonds. The lowest BCUT2D eigenvalue weighted by Crippen LogP contribution is -2.03. The Bertz CT molecular complexity index is 733. The number of ketones is 1. The summed E-state index contributed by atoms with van der Waals surface area (Å²) in [6.45, 7) is 1.98. The van der Waals surface area contributed by atoms with Crippen molar-refractivity contribution in [1.82, 2.24) is 9.97 Å². The molecule has 0 aliphatic rings. The highest BCUT2D eigenvalue weighted by Gasteiger charge is 2.13. The van der Waals surface area contributed by atoms with Gasteiger partial charge in [-0.1, -0.05) is 12.1 Å². The van der Waals surface area contributed by atoms with E-state index in [1.807, 2.05) is 43.3 Å². The zero-order valence-electron chi connectivity index (χ0n) is 9.75. The van der Waals surface area contributed by atoms with Crippen LogP contribution >= 0.6 is 11.3 Å². The molecule has 3 rings (SSSR count). The predicted octanol–water partition coefficient (Wildman–Crippen LogP) is 3.23. The van der Waals surface area contributed by atoms with E-state index in [4.69, 9.17) is 0 Å². The Balaban J connectivity index is 2.06. The van der Waals surface area contributed by atoms with E-state index in [1.54, 1.807) is 6.20 Å². The molecule has 0 aliphatic heterocycles. The Hall–Kier alpha value is -2.07. The summed E-state index contributed by atoms with van der Waals surface area (Å²) >= 11 is 1.48. The minimum Gasteiger partial charge on any atom is -0.286 e. The Morgan fingerprint density at radius 3 is 2.61 bits per heavy atom. The van der Waals surface area contributed by atoms with Gasteiger partial charge in [0.1, 0.15) is 5.69 Å². The van der Waals surface area contributed by atoms with Crippen molar-refractivity contribution in [3.63, 3.8) is 0 Å². The lowest BCUT2D eigenvalue weighted by atomic mass is 10.2. The van der Waals surface area contributed by atoms with Crippen molar-refractivity contribution in [2.45, 2.75) is 6.92 Å². The van der Waals surface area contributed by atoms with Crippen LogP contribution in [0.15, 0.2) is 42.6 Å².